The predicted octanol–water partition coefficient (Wildman–Crippen LogP) is 3.06. The van der Waals surface area contributed by atoms with E-state index in [4.69, 9.17) is 0 Å². The zero-order valence-corrected chi connectivity index (χ0v) is 18.1. The van der Waals surface area contributed by atoms with Gasteiger partial charge in [0, 0.05) is 5.54 Å². The average molecular weight is 422 g/mol. The van der Waals surface area contributed by atoms with E-state index in [-0.39, 0.29) is 17.1 Å². The summed E-state index contributed by atoms with van der Waals surface area (Å²) < 4.78 is 0. The molecule has 3 fully saturated rings. The van der Waals surface area contributed by atoms with Gasteiger partial charge in [-0.25, -0.2) is 14.8 Å². The molecule has 2 aliphatic carbocycles. The van der Waals surface area contributed by atoms with Crippen molar-refractivity contribution in [3.05, 3.63) is 54.6 Å². The van der Waals surface area contributed by atoms with Gasteiger partial charge in [-0.3, -0.25) is 4.90 Å². The fourth-order valence-electron chi connectivity index (χ4n) is 5.71. The Bertz CT molecular complexity index is 924. The predicted molar refractivity (Wildman–Crippen MR) is 119 cm³/mol. The first-order valence-electron chi connectivity index (χ1n) is 11.3. The van der Waals surface area contributed by atoms with Crippen LogP contribution in [0.2, 0.25) is 0 Å². The summed E-state index contributed by atoms with van der Waals surface area (Å²) in [5.74, 6) is 0. The summed E-state index contributed by atoms with van der Waals surface area (Å²) in [6.45, 7) is 1.03. The number of carbonyl (C=O) groups is 1. The molecule has 164 valence electrons. The van der Waals surface area contributed by atoms with Gasteiger partial charge in [0.15, 0.2) is 0 Å². The lowest BCUT2D eigenvalue weighted by molar-refractivity contribution is -0.0690. The van der Waals surface area contributed by atoms with Crippen LogP contribution in [0.15, 0.2) is 49.1 Å². The van der Waals surface area contributed by atoms with Crippen LogP contribution in [0.25, 0.3) is 0 Å². The fraction of sp³-hybridized carbons (Fsp3) is 0.542. The van der Waals surface area contributed by atoms with E-state index in [9.17, 15) is 9.90 Å². The molecule has 1 spiro atoms. The maximum atomic E-state index is 13.6. The third-order valence-corrected chi connectivity index (χ3v) is 7.92. The Kier molecular flexibility index (Phi) is 4.98. The quantitative estimate of drug-likeness (QED) is 0.776. The minimum atomic E-state index is -0.747. The maximum Gasteiger partial charge on any atom is 0.325 e. The first-order chi connectivity index (χ1) is 15.0. The number of aromatic nitrogens is 2. The van der Waals surface area contributed by atoms with Gasteiger partial charge < -0.3 is 15.3 Å². The second kappa shape index (κ2) is 7.57. The summed E-state index contributed by atoms with van der Waals surface area (Å²) in [4.78, 5) is 25.6. The summed E-state index contributed by atoms with van der Waals surface area (Å²) in [6, 6.07) is 10.6. The number of aliphatic hydroxyl groups is 1. The molecule has 2 saturated carbocycles. The Morgan fingerprint density at radius 2 is 1.71 bits per heavy atom. The molecule has 1 aromatic heterocycles. The molecule has 31 heavy (non-hydrogen) atoms. The lowest BCUT2D eigenvalue weighted by Gasteiger charge is -2.50. The van der Waals surface area contributed by atoms with Crippen LogP contribution in [-0.2, 0) is 5.54 Å². The summed E-state index contributed by atoms with van der Waals surface area (Å²) >= 11 is 0. The van der Waals surface area contributed by atoms with Crippen LogP contribution in [0.1, 0.15) is 50.5 Å². The molecule has 0 unspecified atom stereocenters. The molecule has 0 radical (unpaired) electrons. The van der Waals surface area contributed by atoms with Crippen molar-refractivity contribution >= 4 is 11.7 Å². The van der Waals surface area contributed by atoms with Crippen LogP contribution in [0.3, 0.4) is 0 Å². The summed E-state index contributed by atoms with van der Waals surface area (Å²) in [5, 5.41) is 14.5. The number of amides is 2. The summed E-state index contributed by atoms with van der Waals surface area (Å²) in [6.07, 6.45) is 11.1. The second-order valence-corrected chi connectivity index (χ2v) is 9.55. The monoisotopic (exact) mass is 421 g/mol. The van der Waals surface area contributed by atoms with Crippen molar-refractivity contribution < 1.29 is 9.90 Å². The van der Waals surface area contributed by atoms with E-state index in [1.54, 1.807) is 17.3 Å². The van der Waals surface area contributed by atoms with E-state index in [2.05, 4.69) is 39.6 Å². The molecular weight excluding hydrogens is 390 g/mol. The number of hydrogen-bond acceptors (Lipinski definition) is 5. The standard InChI is InChI=1S/C24H31N5O2/c1-25-24(19-6-3-2-4-7-19)12-10-22(11-13-24)16-28(20-14-26-18-27-15-20)21(30)29(22)17-23(31)8-5-9-23/h2-4,6-7,14-15,18,25,31H,5,8-13,16-17H2,1H3. The molecule has 2 aromatic rings. The molecule has 1 saturated heterocycles. The van der Waals surface area contributed by atoms with Gasteiger partial charge in [0.25, 0.3) is 0 Å². The first kappa shape index (κ1) is 20.4. The molecule has 0 atom stereocenters. The van der Waals surface area contributed by atoms with Gasteiger partial charge in [-0.05, 0) is 57.6 Å². The lowest BCUT2D eigenvalue weighted by Crippen LogP contribution is -2.59. The highest BCUT2D eigenvalue weighted by Crippen LogP contribution is 2.48. The van der Waals surface area contributed by atoms with E-state index in [1.165, 1.54) is 11.9 Å². The number of hydrogen-bond donors (Lipinski definition) is 2. The molecule has 1 aliphatic heterocycles. The Morgan fingerprint density at radius 1 is 1.03 bits per heavy atom. The number of β-amino-alcohol motifs (C(OH)–C–C–N with tert-alkyl or cyclic N) is 1. The largest absolute Gasteiger partial charge is 0.388 e. The van der Waals surface area contributed by atoms with Crippen molar-refractivity contribution in [2.45, 2.75) is 61.6 Å². The molecule has 5 rings (SSSR count). The fourth-order valence-corrected chi connectivity index (χ4v) is 5.71. The zero-order chi connectivity index (χ0) is 21.5. The minimum Gasteiger partial charge on any atom is -0.388 e. The van der Waals surface area contributed by atoms with Crippen molar-refractivity contribution in [1.29, 1.82) is 0 Å². The van der Waals surface area contributed by atoms with Gasteiger partial charge in [0.2, 0.25) is 0 Å². The van der Waals surface area contributed by atoms with Crippen molar-refractivity contribution in [1.82, 2.24) is 20.2 Å². The number of anilines is 1. The topological polar surface area (TPSA) is 81.6 Å². The summed E-state index contributed by atoms with van der Waals surface area (Å²) in [5.41, 5.74) is 0.909. The van der Waals surface area contributed by atoms with Gasteiger partial charge >= 0.3 is 6.03 Å². The van der Waals surface area contributed by atoms with Crippen molar-refractivity contribution in [2.75, 3.05) is 25.0 Å². The molecule has 2 N–H and O–H groups in total. The molecule has 2 amide bonds. The average Bonchev–Trinajstić information content (AvgIpc) is 3.06. The highest BCUT2D eigenvalue weighted by Gasteiger charge is 2.56. The van der Waals surface area contributed by atoms with Gasteiger partial charge in [-0.1, -0.05) is 30.3 Å². The van der Waals surface area contributed by atoms with Gasteiger partial charge in [0.1, 0.15) is 6.33 Å². The second-order valence-electron chi connectivity index (χ2n) is 9.55. The van der Waals surface area contributed by atoms with Crippen molar-refractivity contribution in [2.24, 2.45) is 0 Å². The van der Waals surface area contributed by atoms with Crippen LogP contribution in [0.4, 0.5) is 10.5 Å². The van der Waals surface area contributed by atoms with Crippen molar-refractivity contribution in [3.8, 4) is 0 Å². The lowest BCUT2D eigenvalue weighted by atomic mass is 9.68. The number of rotatable bonds is 5. The Hall–Kier alpha value is -2.51. The molecule has 1 aromatic carbocycles. The Morgan fingerprint density at radius 3 is 2.29 bits per heavy atom. The molecule has 2 heterocycles. The van der Waals surface area contributed by atoms with Gasteiger partial charge in [0.05, 0.1) is 42.3 Å². The van der Waals surface area contributed by atoms with Crippen LogP contribution in [-0.4, -0.2) is 57.3 Å². The molecular formula is C24H31N5O2. The first-order valence-corrected chi connectivity index (χ1v) is 11.3. The van der Waals surface area contributed by atoms with E-state index >= 15 is 0 Å². The molecule has 3 aliphatic rings. The number of nitrogens with zero attached hydrogens (tertiary/aromatic N) is 4. The number of carbonyl (C=O) groups excluding carboxylic acids is 1. The van der Waals surface area contributed by atoms with Crippen LogP contribution in [0, 0.1) is 0 Å². The SMILES string of the molecule is CNC1(c2ccccc2)CCC2(CC1)CN(c1cncnc1)C(=O)N2CC1(O)CCC1. The number of nitrogens with one attached hydrogen (secondary N) is 1. The zero-order valence-electron chi connectivity index (χ0n) is 18.1. The van der Waals surface area contributed by atoms with E-state index in [1.807, 2.05) is 18.0 Å². The normalized spacial score (nSPS) is 29.9. The molecule has 7 nitrogen and oxygen atoms in total. The van der Waals surface area contributed by atoms with E-state index in [0.29, 0.717) is 13.1 Å². The Labute approximate surface area is 183 Å². The number of urea groups is 1. The van der Waals surface area contributed by atoms with Crippen LogP contribution in [0.5, 0.6) is 0 Å². The minimum absolute atomic E-state index is 0.0354. The smallest absolute Gasteiger partial charge is 0.325 e. The highest BCUT2D eigenvalue weighted by molar-refractivity contribution is 5.95. The Balaban J connectivity index is 1.45. The summed E-state index contributed by atoms with van der Waals surface area (Å²) in [7, 11) is 2.03. The van der Waals surface area contributed by atoms with E-state index < -0.39 is 5.60 Å². The molecule has 7 heteroatoms. The van der Waals surface area contributed by atoms with Crippen LogP contribution >= 0.6 is 0 Å². The third-order valence-electron chi connectivity index (χ3n) is 7.92. The van der Waals surface area contributed by atoms with Crippen LogP contribution < -0.4 is 10.2 Å². The maximum absolute atomic E-state index is 13.6. The van der Waals surface area contributed by atoms with Gasteiger partial charge in [-0.15, -0.1) is 0 Å². The number of benzene rings is 1. The van der Waals surface area contributed by atoms with Gasteiger partial charge in [-0.2, -0.15) is 0 Å². The van der Waals surface area contributed by atoms with E-state index in [0.717, 1.165) is 50.6 Å². The third kappa shape index (κ3) is 3.40. The van der Waals surface area contributed by atoms with Crippen molar-refractivity contribution in [3.63, 3.8) is 0 Å². The molecule has 0 bridgehead atoms. The highest BCUT2D eigenvalue weighted by atomic mass is 16.3.